The van der Waals surface area contributed by atoms with Crippen LogP contribution in [0.25, 0.3) is 0 Å². The number of nitrogens with zero attached hydrogens (tertiary/aromatic N) is 1. The van der Waals surface area contributed by atoms with Crippen molar-refractivity contribution < 1.29 is 10.2 Å². The Kier molecular flexibility index (Phi) is 4.79. The molecule has 0 spiro atoms. The fraction of sp³-hybridized carbons (Fsp3) is 0.273. The van der Waals surface area contributed by atoms with Crippen molar-refractivity contribution in [1.82, 2.24) is 10.6 Å². The van der Waals surface area contributed by atoms with Crippen molar-refractivity contribution in [3.05, 3.63) is 23.8 Å². The highest BCUT2D eigenvalue weighted by Crippen LogP contribution is 2.28. The molecule has 0 bridgehead atoms. The maximum atomic E-state index is 9.59. The van der Waals surface area contributed by atoms with Crippen molar-refractivity contribution in [3.8, 4) is 11.5 Å². The summed E-state index contributed by atoms with van der Waals surface area (Å²) in [5, 5.41) is 31.4. The molecule has 7 heteroatoms. The Balaban J connectivity index is 2.51. The first-order chi connectivity index (χ1) is 8.54. The summed E-state index contributed by atoms with van der Waals surface area (Å²) in [4.78, 5) is 3.86. The van der Waals surface area contributed by atoms with Gasteiger partial charge in [-0.15, -0.1) is 0 Å². The topological polar surface area (TPSA) is 127 Å². The average molecular weight is 251 g/mol. The number of aliphatic imine (C=N–C) groups is 1. The number of nitrogens with two attached hydrogens (primary N) is 1. The number of phenols is 2. The zero-order valence-corrected chi connectivity index (χ0v) is 10.1. The lowest BCUT2D eigenvalue weighted by molar-refractivity contribution is 0.399. The maximum absolute atomic E-state index is 9.59. The van der Waals surface area contributed by atoms with E-state index >= 15 is 0 Å². The van der Waals surface area contributed by atoms with E-state index in [4.69, 9.17) is 11.1 Å². The van der Waals surface area contributed by atoms with Crippen LogP contribution in [-0.4, -0.2) is 35.7 Å². The summed E-state index contributed by atoms with van der Waals surface area (Å²) >= 11 is 0. The van der Waals surface area contributed by atoms with E-state index in [1.54, 1.807) is 19.2 Å². The molecule has 1 aromatic rings. The highest BCUT2D eigenvalue weighted by Gasteiger charge is 2.05. The minimum absolute atomic E-state index is 0.117. The third kappa shape index (κ3) is 3.85. The van der Waals surface area contributed by atoms with Gasteiger partial charge in [0.2, 0.25) is 0 Å². The summed E-state index contributed by atoms with van der Waals surface area (Å²) in [6, 6.07) is 4.80. The molecule has 7 N–H and O–H groups in total. The first-order valence-electron chi connectivity index (χ1n) is 5.36. The Bertz CT molecular complexity index is 459. The van der Waals surface area contributed by atoms with Gasteiger partial charge in [-0.3, -0.25) is 15.7 Å². The van der Waals surface area contributed by atoms with Gasteiger partial charge in [0.1, 0.15) is 0 Å². The van der Waals surface area contributed by atoms with E-state index in [-0.39, 0.29) is 17.5 Å². The first kappa shape index (κ1) is 13.6. The van der Waals surface area contributed by atoms with Gasteiger partial charge in [-0.05, 0) is 18.1 Å². The van der Waals surface area contributed by atoms with E-state index in [2.05, 4.69) is 15.6 Å². The van der Waals surface area contributed by atoms with Crippen LogP contribution in [0.1, 0.15) is 5.56 Å². The normalized spacial score (nSPS) is 11.1. The summed E-state index contributed by atoms with van der Waals surface area (Å²) in [6.45, 7) is 0.476. The van der Waals surface area contributed by atoms with Crippen LogP contribution in [-0.2, 0) is 6.42 Å². The molecule has 7 nitrogen and oxygen atoms in total. The minimum Gasteiger partial charge on any atom is -0.504 e. The van der Waals surface area contributed by atoms with Crippen LogP contribution in [0.5, 0.6) is 11.5 Å². The van der Waals surface area contributed by atoms with Crippen LogP contribution in [0.15, 0.2) is 23.2 Å². The van der Waals surface area contributed by atoms with Gasteiger partial charge in [-0.1, -0.05) is 12.1 Å². The Morgan fingerprint density at radius 3 is 2.78 bits per heavy atom. The summed E-state index contributed by atoms with van der Waals surface area (Å²) in [7, 11) is 1.56. The molecule has 0 unspecified atom stereocenters. The number of benzene rings is 1. The van der Waals surface area contributed by atoms with Gasteiger partial charge in [0, 0.05) is 13.6 Å². The molecule has 0 atom stereocenters. The molecule has 0 saturated carbocycles. The van der Waals surface area contributed by atoms with Gasteiger partial charge in [-0.25, -0.2) is 0 Å². The standard InChI is InChI=1S/C11H17N5O2/c1-14-11(16-10(12)13)15-6-5-7-3-2-4-8(17)9(7)18/h2-4,17-18H,5-6H2,1H3,(H5,12,13,14,15,16). The molecule has 0 radical (unpaired) electrons. The van der Waals surface area contributed by atoms with Crippen molar-refractivity contribution in [3.63, 3.8) is 0 Å². The molecule has 0 aliphatic rings. The molecule has 0 heterocycles. The molecule has 1 aromatic carbocycles. The van der Waals surface area contributed by atoms with Crippen LogP contribution in [0, 0.1) is 5.41 Å². The third-order valence-corrected chi connectivity index (χ3v) is 2.26. The van der Waals surface area contributed by atoms with Gasteiger partial charge >= 0.3 is 0 Å². The summed E-state index contributed by atoms with van der Waals surface area (Å²) in [6.07, 6.45) is 0.499. The van der Waals surface area contributed by atoms with Crippen molar-refractivity contribution in [2.24, 2.45) is 10.7 Å². The highest BCUT2D eigenvalue weighted by atomic mass is 16.3. The second-order valence-electron chi connectivity index (χ2n) is 3.57. The molecule has 0 saturated heterocycles. The van der Waals surface area contributed by atoms with Gasteiger partial charge in [0.05, 0.1) is 0 Å². The second-order valence-corrected chi connectivity index (χ2v) is 3.57. The first-order valence-corrected chi connectivity index (χ1v) is 5.36. The molecule has 0 amide bonds. The summed E-state index contributed by atoms with van der Waals surface area (Å²) in [5.41, 5.74) is 5.80. The monoisotopic (exact) mass is 251 g/mol. The zero-order chi connectivity index (χ0) is 13.5. The Hall–Kier alpha value is -2.44. The molecule has 98 valence electrons. The molecule has 0 aliphatic carbocycles. The van der Waals surface area contributed by atoms with E-state index in [1.807, 2.05) is 0 Å². The van der Waals surface area contributed by atoms with Gasteiger partial charge < -0.3 is 21.3 Å². The predicted molar refractivity (Wildman–Crippen MR) is 69.9 cm³/mol. The predicted octanol–water partition coefficient (Wildman–Crippen LogP) is -0.301. The molecule has 0 aliphatic heterocycles. The number of hydrogen-bond donors (Lipinski definition) is 6. The van der Waals surface area contributed by atoms with Gasteiger partial charge in [0.15, 0.2) is 23.4 Å². The quantitative estimate of drug-likeness (QED) is 0.250. The molecule has 18 heavy (non-hydrogen) atoms. The van der Waals surface area contributed by atoms with Crippen molar-refractivity contribution in [2.45, 2.75) is 6.42 Å². The van der Waals surface area contributed by atoms with E-state index in [9.17, 15) is 10.2 Å². The van der Waals surface area contributed by atoms with Crippen molar-refractivity contribution in [1.29, 1.82) is 5.41 Å². The van der Waals surface area contributed by atoms with E-state index in [0.717, 1.165) is 0 Å². The number of nitrogens with one attached hydrogen (secondary N) is 3. The molecule has 0 fully saturated rings. The van der Waals surface area contributed by atoms with Crippen LogP contribution in [0.4, 0.5) is 0 Å². The van der Waals surface area contributed by atoms with Crippen LogP contribution in [0.2, 0.25) is 0 Å². The van der Waals surface area contributed by atoms with E-state index in [1.165, 1.54) is 6.07 Å². The van der Waals surface area contributed by atoms with Crippen LogP contribution >= 0.6 is 0 Å². The lowest BCUT2D eigenvalue weighted by atomic mass is 10.1. The number of guanidine groups is 2. The number of rotatable bonds is 3. The SMILES string of the molecule is C/N=C(\NCCc1cccc(O)c1O)NC(=N)N. The number of hydrogen-bond acceptors (Lipinski definition) is 4. The Labute approximate surface area is 105 Å². The second kappa shape index (κ2) is 6.33. The zero-order valence-electron chi connectivity index (χ0n) is 10.1. The fourth-order valence-electron chi connectivity index (χ4n) is 1.40. The Morgan fingerprint density at radius 2 is 2.17 bits per heavy atom. The number of aromatic hydroxyl groups is 2. The summed E-state index contributed by atoms with van der Waals surface area (Å²) in [5.74, 6) is -0.0852. The van der Waals surface area contributed by atoms with Crippen molar-refractivity contribution >= 4 is 11.9 Å². The van der Waals surface area contributed by atoms with Crippen molar-refractivity contribution in [2.75, 3.05) is 13.6 Å². The minimum atomic E-state index is -0.205. The molecule has 0 aromatic heterocycles. The smallest absolute Gasteiger partial charge is 0.197 e. The largest absolute Gasteiger partial charge is 0.504 e. The average Bonchev–Trinajstić information content (AvgIpc) is 2.32. The van der Waals surface area contributed by atoms with Crippen LogP contribution in [0.3, 0.4) is 0 Å². The highest BCUT2D eigenvalue weighted by molar-refractivity contribution is 5.96. The molecular formula is C11H17N5O2. The molecule has 1 rings (SSSR count). The lowest BCUT2D eigenvalue weighted by Crippen LogP contribution is -2.44. The van der Waals surface area contributed by atoms with E-state index in [0.29, 0.717) is 24.5 Å². The van der Waals surface area contributed by atoms with Crippen LogP contribution < -0.4 is 16.4 Å². The van der Waals surface area contributed by atoms with E-state index < -0.39 is 0 Å². The summed E-state index contributed by atoms with van der Waals surface area (Å²) < 4.78 is 0. The van der Waals surface area contributed by atoms with Gasteiger partial charge in [-0.2, -0.15) is 0 Å². The number of phenolic OH excluding ortho intramolecular Hbond substituents is 2. The Morgan fingerprint density at radius 1 is 1.44 bits per heavy atom. The maximum Gasteiger partial charge on any atom is 0.197 e. The molecular weight excluding hydrogens is 234 g/mol. The number of para-hydroxylation sites is 1. The lowest BCUT2D eigenvalue weighted by Gasteiger charge is -2.11. The fourth-order valence-corrected chi connectivity index (χ4v) is 1.40. The third-order valence-electron chi connectivity index (χ3n) is 2.26. The van der Waals surface area contributed by atoms with Gasteiger partial charge in [0.25, 0.3) is 0 Å².